The van der Waals surface area contributed by atoms with Crippen LogP contribution in [0.2, 0.25) is 0 Å². The smallest absolute Gasteiger partial charge is 0.325 e. The van der Waals surface area contributed by atoms with E-state index in [1.54, 1.807) is 0 Å². The molecule has 0 bridgehead atoms. The van der Waals surface area contributed by atoms with Crippen molar-refractivity contribution in [3.8, 4) is 0 Å². The minimum absolute atomic E-state index is 0.0877. The van der Waals surface area contributed by atoms with Crippen molar-refractivity contribution in [2.75, 3.05) is 6.26 Å². The van der Waals surface area contributed by atoms with Crippen molar-refractivity contribution in [2.45, 2.75) is 10.9 Å². The van der Waals surface area contributed by atoms with E-state index in [4.69, 9.17) is 10.8 Å². The molecule has 3 N–H and O–H groups in total. The highest BCUT2D eigenvalue weighted by atomic mass is 32.2. The Morgan fingerprint density at radius 1 is 1.47 bits per heavy atom. The van der Waals surface area contributed by atoms with Crippen LogP contribution in [-0.2, 0) is 4.79 Å². The standard InChI is InChI=1S/C9H9F2NO2S/c1-15-8-5(10)2-4(3-6(8)11)7(12)9(13)14/h2-3,7H,12H2,1H3,(H,13,14). The molecule has 0 fully saturated rings. The number of thioether (sulfide) groups is 1. The van der Waals surface area contributed by atoms with Gasteiger partial charge in [0.2, 0.25) is 0 Å². The highest BCUT2D eigenvalue weighted by Gasteiger charge is 2.18. The lowest BCUT2D eigenvalue weighted by atomic mass is 10.1. The Labute approximate surface area is 89.3 Å². The Kier molecular flexibility index (Phi) is 3.65. The zero-order chi connectivity index (χ0) is 11.6. The molecule has 0 saturated heterocycles. The molecule has 1 unspecified atom stereocenters. The molecule has 1 atom stereocenters. The van der Waals surface area contributed by atoms with Crippen LogP contribution in [0.4, 0.5) is 8.78 Å². The van der Waals surface area contributed by atoms with Crippen LogP contribution >= 0.6 is 11.8 Å². The maximum Gasteiger partial charge on any atom is 0.325 e. The van der Waals surface area contributed by atoms with Gasteiger partial charge in [-0.3, -0.25) is 4.79 Å². The largest absolute Gasteiger partial charge is 0.480 e. The number of nitrogens with two attached hydrogens (primary N) is 1. The molecule has 0 heterocycles. The maximum atomic E-state index is 13.2. The predicted octanol–water partition coefficient (Wildman–Crippen LogP) is 1.77. The van der Waals surface area contributed by atoms with E-state index in [0.29, 0.717) is 0 Å². The van der Waals surface area contributed by atoms with Crippen LogP contribution in [0.15, 0.2) is 17.0 Å². The van der Waals surface area contributed by atoms with Crippen molar-refractivity contribution >= 4 is 17.7 Å². The molecule has 0 aliphatic rings. The normalized spacial score (nSPS) is 12.5. The molecule has 0 radical (unpaired) electrons. The van der Waals surface area contributed by atoms with Crippen molar-refractivity contribution in [3.63, 3.8) is 0 Å². The minimum Gasteiger partial charge on any atom is -0.480 e. The number of hydrogen-bond acceptors (Lipinski definition) is 3. The molecule has 0 spiro atoms. The first-order valence-corrected chi connectivity index (χ1v) is 5.21. The van der Waals surface area contributed by atoms with Gasteiger partial charge in [-0.25, -0.2) is 8.78 Å². The van der Waals surface area contributed by atoms with E-state index in [0.717, 1.165) is 23.9 Å². The van der Waals surface area contributed by atoms with E-state index in [9.17, 15) is 13.6 Å². The SMILES string of the molecule is CSc1c(F)cc(C(N)C(=O)O)cc1F. The van der Waals surface area contributed by atoms with Gasteiger partial charge in [0.05, 0.1) is 4.90 Å². The lowest BCUT2D eigenvalue weighted by Gasteiger charge is -2.09. The average Bonchev–Trinajstić information content (AvgIpc) is 2.15. The van der Waals surface area contributed by atoms with Gasteiger partial charge in [0, 0.05) is 0 Å². The number of carboxylic acid groups (broad SMARTS) is 1. The van der Waals surface area contributed by atoms with E-state index in [2.05, 4.69) is 0 Å². The zero-order valence-electron chi connectivity index (χ0n) is 7.83. The first kappa shape index (κ1) is 11.9. The van der Waals surface area contributed by atoms with Crippen molar-refractivity contribution < 1.29 is 18.7 Å². The molecule has 1 aromatic rings. The van der Waals surface area contributed by atoms with E-state index < -0.39 is 23.6 Å². The van der Waals surface area contributed by atoms with Crippen LogP contribution in [0.5, 0.6) is 0 Å². The molecule has 1 rings (SSSR count). The van der Waals surface area contributed by atoms with Crippen LogP contribution in [0.3, 0.4) is 0 Å². The average molecular weight is 233 g/mol. The fourth-order valence-electron chi connectivity index (χ4n) is 1.10. The molecule has 1 aromatic carbocycles. The molecule has 0 aliphatic carbocycles. The number of benzene rings is 1. The molecule has 15 heavy (non-hydrogen) atoms. The van der Waals surface area contributed by atoms with Crippen LogP contribution in [0, 0.1) is 11.6 Å². The number of aliphatic carboxylic acids is 1. The number of halogens is 2. The molecule has 0 aliphatic heterocycles. The third-order valence-electron chi connectivity index (χ3n) is 1.85. The van der Waals surface area contributed by atoms with Gasteiger partial charge < -0.3 is 10.8 Å². The van der Waals surface area contributed by atoms with Crippen LogP contribution < -0.4 is 5.73 Å². The van der Waals surface area contributed by atoms with Gasteiger partial charge in [-0.05, 0) is 24.0 Å². The quantitative estimate of drug-likeness (QED) is 0.781. The highest BCUT2D eigenvalue weighted by molar-refractivity contribution is 7.98. The van der Waals surface area contributed by atoms with E-state index in [1.165, 1.54) is 6.26 Å². The van der Waals surface area contributed by atoms with Crippen molar-refractivity contribution in [2.24, 2.45) is 5.73 Å². The summed E-state index contributed by atoms with van der Waals surface area (Å²) < 4.78 is 26.5. The van der Waals surface area contributed by atoms with Gasteiger partial charge >= 0.3 is 5.97 Å². The molecule has 6 heteroatoms. The monoisotopic (exact) mass is 233 g/mol. The lowest BCUT2D eigenvalue weighted by molar-refractivity contribution is -0.138. The Hall–Kier alpha value is -1.14. The van der Waals surface area contributed by atoms with E-state index >= 15 is 0 Å². The second-order valence-electron chi connectivity index (χ2n) is 2.83. The van der Waals surface area contributed by atoms with Gasteiger partial charge in [0.25, 0.3) is 0 Å². The minimum atomic E-state index is -1.41. The summed E-state index contributed by atoms with van der Waals surface area (Å²) in [7, 11) is 0. The van der Waals surface area contributed by atoms with Gasteiger partial charge in [-0.15, -0.1) is 11.8 Å². The Morgan fingerprint density at radius 2 is 1.93 bits per heavy atom. The fraction of sp³-hybridized carbons (Fsp3) is 0.222. The summed E-state index contributed by atoms with van der Waals surface area (Å²) in [5.74, 6) is -2.92. The Bertz CT molecular complexity index is 375. The van der Waals surface area contributed by atoms with Gasteiger partial charge in [0.1, 0.15) is 17.7 Å². The van der Waals surface area contributed by atoms with Crippen molar-refractivity contribution in [1.82, 2.24) is 0 Å². The second kappa shape index (κ2) is 4.59. The summed E-state index contributed by atoms with van der Waals surface area (Å²) in [5, 5.41) is 8.57. The summed E-state index contributed by atoms with van der Waals surface area (Å²) in [5.41, 5.74) is 5.14. The Morgan fingerprint density at radius 3 is 2.27 bits per heavy atom. The molecule has 82 valence electrons. The third kappa shape index (κ3) is 2.45. The highest BCUT2D eigenvalue weighted by Crippen LogP contribution is 2.26. The van der Waals surface area contributed by atoms with Crippen LogP contribution in [0.1, 0.15) is 11.6 Å². The van der Waals surface area contributed by atoms with Gasteiger partial charge in [-0.1, -0.05) is 0 Å². The topological polar surface area (TPSA) is 63.3 Å². The van der Waals surface area contributed by atoms with Crippen LogP contribution in [0.25, 0.3) is 0 Å². The summed E-state index contributed by atoms with van der Waals surface area (Å²) >= 11 is 0.913. The van der Waals surface area contributed by atoms with Crippen molar-refractivity contribution in [3.05, 3.63) is 29.3 Å². The zero-order valence-corrected chi connectivity index (χ0v) is 8.65. The number of carboxylic acids is 1. The summed E-state index contributed by atoms with van der Waals surface area (Å²) in [6.45, 7) is 0. The molecule has 0 aromatic heterocycles. The number of rotatable bonds is 3. The lowest BCUT2D eigenvalue weighted by Crippen LogP contribution is -2.21. The first-order chi connectivity index (χ1) is 6.97. The van der Waals surface area contributed by atoms with Crippen LogP contribution in [-0.4, -0.2) is 17.3 Å². The second-order valence-corrected chi connectivity index (χ2v) is 3.65. The number of hydrogen-bond donors (Lipinski definition) is 2. The predicted molar refractivity (Wildman–Crippen MR) is 52.7 cm³/mol. The number of carbonyl (C=O) groups is 1. The summed E-state index contributed by atoms with van der Waals surface area (Å²) in [4.78, 5) is 10.4. The molecule has 0 amide bonds. The molecule has 3 nitrogen and oxygen atoms in total. The summed E-state index contributed by atoms with van der Waals surface area (Å²) in [6, 6.07) is 0.464. The molecular weight excluding hydrogens is 224 g/mol. The van der Waals surface area contributed by atoms with Crippen molar-refractivity contribution in [1.29, 1.82) is 0 Å². The Balaban J connectivity index is 3.19. The fourth-order valence-corrected chi connectivity index (χ4v) is 1.60. The van der Waals surface area contributed by atoms with E-state index in [-0.39, 0.29) is 10.5 Å². The molecular formula is C9H9F2NO2S. The maximum absolute atomic E-state index is 13.2. The van der Waals surface area contributed by atoms with E-state index in [1.807, 2.05) is 0 Å². The first-order valence-electron chi connectivity index (χ1n) is 3.98. The third-order valence-corrected chi connectivity index (χ3v) is 2.65. The van der Waals surface area contributed by atoms with Gasteiger partial charge in [0.15, 0.2) is 0 Å². The summed E-state index contributed by atoms with van der Waals surface area (Å²) in [6.07, 6.45) is 1.53. The van der Waals surface area contributed by atoms with Gasteiger partial charge in [-0.2, -0.15) is 0 Å². The molecule has 0 saturated carbocycles.